The van der Waals surface area contributed by atoms with Crippen LogP contribution in [0.15, 0.2) is 42.0 Å². The summed E-state index contributed by atoms with van der Waals surface area (Å²) in [6, 6.07) is 4.40. The number of hydrogen-bond donors (Lipinski definition) is 5. The van der Waals surface area contributed by atoms with E-state index in [9.17, 15) is 38.7 Å². The number of nitrogens with two attached hydrogens (primary N) is 1. The maximum atomic E-state index is 14.0. The molecule has 6 N–H and O–H groups in total. The molecule has 332 valence electrons. The van der Waals surface area contributed by atoms with Gasteiger partial charge in [0.1, 0.15) is 18.1 Å². The number of ether oxygens (including phenoxy) is 1. The first-order valence-electron chi connectivity index (χ1n) is 21.4. The molecule has 0 radical (unpaired) electrons. The van der Waals surface area contributed by atoms with E-state index in [1.54, 1.807) is 64.1 Å². The van der Waals surface area contributed by atoms with E-state index in [4.69, 9.17) is 11.8 Å². The number of carbonyl (C=O) groups is 7. The number of esters is 1. The van der Waals surface area contributed by atoms with Crippen LogP contribution in [0.5, 0.6) is 0 Å². The Balaban J connectivity index is 3.20. The van der Waals surface area contributed by atoms with Gasteiger partial charge in [0.25, 0.3) is 5.91 Å². The summed E-state index contributed by atoms with van der Waals surface area (Å²) in [5, 5.41) is 17.8. The minimum Gasteiger partial charge on any atom is -0.480 e. The molecule has 0 spiro atoms. The van der Waals surface area contributed by atoms with Crippen molar-refractivity contribution < 1.29 is 44.8 Å². The van der Waals surface area contributed by atoms with Gasteiger partial charge in [0.15, 0.2) is 6.10 Å². The van der Waals surface area contributed by atoms with Crippen LogP contribution in [0, 0.1) is 23.7 Å². The molecule has 0 bridgehead atoms. The van der Waals surface area contributed by atoms with Crippen LogP contribution in [0.4, 0.5) is 0 Å². The van der Waals surface area contributed by atoms with Crippen LogP contribution < -0.4 is 21.7 Å². The third-order valence-electron chi connectivity index (χ3n) is 10.7. The predicted molar refractivity (Wildman–Crippen MR) is 227 cm³/mol. The van der Waals surface area contributed by atoms with E-state index in [0.717, 1.165) is 16.2 Å². The largest absolute Gasteiger partial charge is 0.480 e. The van der Waals surface area contributed by atoms with Gasteiger partial charge in [0.2, 0.25) is 23.6 Å². The highest BCUT2D eigenvalue weighted by Crippen LogP contribution is 2.22. The third-order valence-corrected chi connectivity index (χ3v) is 10.7. The van der Waals surface area contributed by atoms with Crippen molar-refractivity contribution in [2.75, 3.05) is 20.6 Å². The normalized spacial score (nSPS) is 16.4. The topological polar surface area (TPSA) is 218 Å². The summed E-state index contributed by atoms with van der Waals surface area (Å²) >= 11 is 0. The summed E-state index contributed by atoms with van der Waals surface area (Å²) < 4.78 is 14.0. The van der Waals surface area contributed by atoms with E-state index in [1.165, 1.54) is 14.0 Å². The van der Waals surface area contributed by atoms with Crippen LogP contribution in [0.25, 0.3) is 0 Å². The monoisotopic (exact) mass is 830 g/mol. The number of nitrogens with one attached hydrogen (secondary N) is 3. The van der Waals surface area contributed by atoms with Gasteiger partial charge >= 0.3 is 11.9 Å². The zero-order chi connectivity index (χ0) is 45.9. The quantitative estimate of drug-likeness (QED) is 0.0709. The standard InChI is InChI=1S/C44H72N6O9/c1-13-27(5)37(48-39(52)31(9)45)29(7)19-18-20-30(8)44(58)59-35(23-26(3)4)40(53)46-32(10)41(54)50(12)34(24-33-21-16-15-17-22-33)42(55)49(11)25-36(51)47-38(43(56)57)28(6)14-2/h15-17,20-22,26-29,31-32,34-35,37-38H,13-14,18-19,23-25,45H2,1-12H3,(H,46,53)(H,47,51)(H,48,52)(H,56,57)/b30-20+/t27?,28-,29+,31?,32-,34+,35-,37-,38+/m1/s1/i12D. The van der Waals surface area contributed by atoms with Gasteiger partial charge < -0.3 is 41.3 Å². The molecule has 1 rings (SSSR count). The van der Waals surface area contributed by atoms with E-state index < -0.39 is 79.4 Å². The second-order valence-corrected chi connectivity index (χ2v) is 16.4. The summed E-state index contributed by atoms with van der Waals surface area (Å²) in [7, 11) is 0.687. The van der Waals surface area contributed by atoms with E-state index in [1.807, 2.05) is 20.8 Å². The van der Waals surface area contributed by atoms with E-state index in [2.05, 4.69) is 29.8 Å². The molecular weight excluding hydrogens is 757 g/mol. The van der Waals surface area contributed by atoms with Crippen molar-refractivity contribution in [3.05, 3.63) is 47.5 Å². The lowest BCUT2D eigenvalue weighted by Crippen LogP contribution is -2.56. The van der Waals surface area contributed by atoms with E-state index in [-0.39, 0.29) is 48.5 Å². The molecule has 15 nitrogen and oxygen atoms in total. The summed E-state index contributed by atoms with van der Waals surface area (Å²) in [6.07, 6.45) is 3.17. The van der Waals surface area contributed by atoms with E-state index in [0.29, 0.717) is 30.4 Å². The molecule has 0 aromatic heterocycles. The van der Waals surface area contributed by atoms with Gasteiger partial charge in [0.05, 0.1) is 12.6 Å². The molecule has 0 saturated heterocycles. The Hall–Kier alpha value is -4.79. The first-order valence-corrected chi connectivity index (χ1v) is 20.7. The Kier molecular flexibility index (Phi) is 21.9. The van der Waals surface area contributed by atoms with Crippen LogP contribution in [-0.4, -0.2) is 113 Å². The minimum atomic E-state index is -1.26. The summed E-state index contributed by atoms with van der Waals surface area (Å²) in [4.78, 5) is 94.1. The summed E-state index contributed by atoms with van der Waals surface area (Å²) in [5.41, 5.74) is 6.75. The third kappa shape index (κ3) is 17.5. The van der Waals surface area contributed by atoms with Gasteiger partial charge in [-0.05, 0) is 69.3 Å². The first kappa shape index (κ1) is 50.4. The van der Waals surface area contributed by atoms with Crippen molar-refractivity contribution in [2.24, 2.45) is 29.4 Å². The predicted octanol–water partition coefficient (Wildman–Crippen LogP) is 3.83. The first-order chi connectivity index (χ1) is 28.1. The van der Waals surface area contributed by atoms with Crippen molar-refractivity contribution >= 4 is 41.5 Å². The van der Waals surface area contributed by atoms with Crippen LogP contribution >= 0.6 is 0 Å². The Labute approximate surface area is 353 Å². The van der Waals surface area contributed by atoms with Crippen LogP contribution in [0.3, 0.4) is 0 Å². The highest BCUT2D eigenvalue weighted by molar-refractivity contribution is 5.95. The number of amides is 5. The van der Waals surface area contributed by atoms with Crippen LogP contribution in [-0.2, 0) is 44.7 Å². The zero-order valence-corrected chi connectivity index (χ0v) is 37.1. The Morgan fingerprint density at radius 3 is 2.00 bits per heavy atom. The summed E-state index contributed by atoms with van der Waals surface area (Å²) in [5.74, 6) is -5.12. The fourth-order valence-electron chi connectivity index (χ4n) is 6.47. The van der Waals surface area contributed by atoms with Crippen molar-refractivity contribution in [3.63, 3.8) is 0 Å². The number of likely N-dealkylation sites (N-methyl/N-ethyl adjacent to an activating group) is 2. The SMILES string of the molecule is [2H]CN(C(=O)[C@@H](C)NC(=O)[C@@H](CC(C)C)OC(=O)/C(C)=C/CC[C@H](C)[C@H](NC(=O)C(C)N)C(C)CC)[C@@H](Cc1ccccc1)C(=O)N(C)CC(=O)N[C@H](C(=O)O)[C@H](C)CC. The van der Waals surface area contributed by atoms with Gasteiger partial charge in [-0.2, -0.15) is 0 Å². The van der Waals surface area contributed by atoms with E-state index >= 15 is 0 Å². The fourth-order valence-corrected chi connectivity index (χ4v) is 6.47. The smallest absolute Gasteiger partial charge is 0.334 e. The molecule has 0 saturated carbocycles. The van der Waals surface area contributed by atoms with Gasteiger partial charge in [-0.3, -0.25) is 24.0 Å². The number of carboxylic acids is 1. The highest BCUT2D eigenvalue weighted by atomic mass is 16.5. The van der Waals surface area contributed by atoms with Gasteiger partial charge in [0, 0.05) is 33.5 Å². The van der Waals surface area contributed by atoms with Gasteiger partial charge in [-0.15, -0.1) is 0 Å². The summed E-state index contributed by atoms with van der Waals surface area (Å²) in [6.45, 7) is 17.5. The van der Waals surface area contributed by atoms with Crippen LogP contribution in [0.1, 0.15) is 108 Å². The molecule has 0 aliphatic heterocycles. The van der Waals surface area contributed by atoms with Gasteiger partial charge in [-0.25, -0.2) is 9.59 Å². The number of carboxylic acid groups (broad SMARTS) is 1. The number of hydrogen-bond acceptors (Lipinski definition) is 9. The lowest BCUT2D eigenvalue weighted by Gasteiger charge is -2.33. The molecule has 1 aromatic carbocycles. The number of carbonyl (C=O) groups excluding carboxylic acids is 6. The molecule has 2 unspecified atom stereocenters. The number of allylic oxidation sites excluding steroid dienone is 1. The van der Waals surface area contributed by atoms with Gasteiger partial charge in [-0.1, -0.05) is 97.7 Å². The Morgan fingerprint density at radius 2 is 1.47 bits per heavy atom. The van der Waals surface area contributed by atoms with Crippen molar-refractivity contribution in [1.82, 2.24) is 25.8 Å². The molecule has 9 atom stereocenters. The number of aliphatic carboxylic acids is 1. The maximum absolute atomic E-state index is 14.0. The fraction of sp³-hybridized carbons (Fsp3) is 0.659. The van der Waals surface area contributed by atoms with Crippen molar-refractivity contribution in [2.45, 2.75) is 144 Å². The number of rotatable bonds is 25. The molecule has 5 amide bonds. The average Bonchev–Trinajstić information content (AvgIpc) is 3.20. The maximum Gasteiger partial charge on any atom is 0.334 e. The minimum absolute atomic E-state index is 0.0145. The molecule has 15 heteroatoms. The lowest BCUT2D eigenvalue weighted by atomic mass is 9.85. The average molecular weight is 830 g/mol. The molecule has 1 aromatic rings. The lowest BCUT2D eigenvalue weighted by molar-refractivity contribution is -0.154. The molecular formula is C44H72N6O9. The molecule has 0 aliphatic carbocycles. The van der Waals surface area contributed by atoms with Crippen molar-refractivity contribution in [1.29, 1.82) is 0 Å². The number of nitrogens with zero attached hydrogens (tertiary/aromatic N) is 2. The molecule has 59 heavy (non-hydrogen) atoms. The van der Waals surface area contributed by atoms with Crippen molar-refractivity contribution in [3.8, 4) is 0 Å². The Morgan fingerprint density at radius 1 is 0.864 bits per heavy atom. The van der Waals surface area contributed by atoms with Crippen LogP contribution in [0.2, 0.25) is 0 Å². The molecule has 0 aliphatic rings. The molecule has 0 fully saturated rings. The second-order valence-electron chi connectivity index (χ2n) is 16.4. The molecule has 0 heterocycles. The zero-order valence-electron chi connectivity index (χ0n) is 38.1. The second kappa shape index (κ2) is 25.6. The Bertz CT molecular complexity index is 1610. The highest BCUT2D eigenvalue weighted by Gasteiger charge is 2.35. The number of benzene rings is 1.